The predicted octanol–water partition coefficient (Wildman–Crippen LogP) is 2.17. The van der Waals surface area contributed by atoms with Crippen LogP contribution in [0.25, 0.3) is 0 Å². The summed E-state index contributed by atoms with van der Waals surface area (Å²) in [7, 11) is 2.45. The molecule has 30 heavy (non-hydrogen) atoms. The first-order valence-electron chi connectivity index (χ1n) is 12.1. The minimum absolute atomic E-state index is 0.199. The fraction of sp³-hybridized carbons (Fsp3) is 1.00. The van der Waals surface area contributed by atoms with E-state index in [1.54, 1.807) is 14.1 Å². The summed E-state index contributed by atoms with van der Waals surface area (Å²) >= 11 is 2.22. The summed E-state index contributed by atoms with van der Waals surface area (Å²) in [5.74, 6) is 0. The van der Waals surface area contributed by atoms with E-state index in [9.17, 15) is 8.42 Å². The van der Waals surface area contributed by atoms with Crippen LogP contribution in [0.3, 0.4) is 0 Å². The molecule has 5 unspecified atom stereocenters. The van der Waals surface area contributed by atoms with E-state index in [2.05, 4.69) is 33.5 Å². The largest absolute Gasteiger partial charge is 0.304 e. The molecule has 5 atom stereocenters. The number of sulfonamides is 1. The lowest BCUT2D eigenvalue weighted by Crippen LogP contribution is -2.61. The molecule has 2 aliphatic heterocycles. The van der Waals surface area contributed by atoms with Crippen LogP contribution in [0.1, 0.15) is 51.4 Å². The Bertz CT molecular complexity index is 666. The zero-order valence-corrected chi connectivity index (χ0v) is 20.8. The van der Waals surface area contributed by atoms with Gasteiger partial charge in [0.1, 0.15) is 0 Å². The molecule has 0 aromatic rings. The standard InChI is InChI=1S/C22H42N4O2S2/c1-23(2)30(27,28)18-9-10-22-20(17-18)26(19-7-4-5-8-21(19)29-22)12-6-11-25-15-13-24(3)14-16-25/h18-22H,4-17H2,1-3H3. The number of piperazine rings is 1. The summed E-state index contributed by atoms with van der Waals surface area (Å²) in [5.41, 5.74) is 0. The molecular weight excluding hydrogens is 416 g/mol. The molecule has 4 rings (SSSR count). The van der Waals surface area contributed by atoms with Gasteiger partial charge in [-0.3, -0.25) is 4.90 Å². The van der Waals surface area contributed by atoms with Crippen molar-refractivity contribution in [3.8, 4) is 0 Å². The van der Waals surface area contributed by atoms with E-state index < -0.39 is 10.0 Å². The molecule has 4 fully saturated rings. The van der Waals surface area contributed by atoms with Crippen molar-refractivity contribution >= 4 is 21.8 Å². The molecule has 0 aromatic heterocycles. The second-order valence-electron chi connectivity index (χ2n) is 10.1. The van der Waals surface area contributed by atoms with E-state index >= 15 is 0 Å². The van der Waals surface area contributed by atoms with Crippen LogP contribution in [0.5, 0.6) is 0 Å². The Labute approximate surface area is 188 Å². The van der Waals surface area contributed by atoms with E-state index in [1.807, 2.05) is 0 Å². The van der Waals surface area contributed by atoms with Gasteiger partial charge in [0, 0.05) is 69.4 Å². The van der Waals surface area contributed by atoms with Crippen LogP contribution < -0.4 is 0 Å². The van der Waals surface area contributed by atoms with E-state index in [0.29, 0.717) is 17.3 Å². The molecule has 0 radical (unpaired) electrons. The van der Waals surface area contributed by atoms with Crippen molar-refractivity contribution in [3.63, 3.8) is 0 Å². The minimum atomic E-state index is -3.16. The quantitative estimate of drug-likeness (QED) is 0.608. The highest BCUT2D eigenvalue weighted by molar-refractivity contribution is 8.00. The lowest BCUT2D eigenvalue weighted by atomic mass is 9.86. The van der Waals surface area contributed by atoms with E-state index in [-0.39, 0.29) is 5.25 Å². The molecule has 0 amide bonds. The van der Waals surface area contributed by atoms with E-state index in [1.165, 1.54) is 69.1 Å². The Morgan fingerprint density at radius 3 is 2.33 bits per heavy atom. The Hall–Kier alpha value is 0.140. The van der Waals surface area contributed by atoms with Gasteiger partial charge in [0.05, 0.1) is 5.25 Å². The molecule has 2 heterocycles. The lowest BCUT2D eigenvalue weighted by Gasteiger charge is -2.54. The monoisotopic (exact) mass is 458 g/mol. The Morgan fingerprint density at radius 1 is 0.900 bits per heavy atom. The van der Waals surface area contributed by atoms with E-state index in [4.69, 9.17) is 0 Å². The Morgan fingerprint density at radius 2 is 1.60 bits per heavy atom. The first kappa shape index (κ1) is 23.3. The van der Waals surface area contributed by atoms with Crippen molar-refractivity contribution in [3.05, 3.63) is 0 Å². The summed E-state index contributed by atoms with van der Waals surface area (Å²) in [6.45, 7) is 7.07. The molecule has 6 nitrogen and oxygen atoms in total. The number of thioether (sulfide) groups is 1. The smallest absolute Gasteiger partial charge is 0.216 e. The third-order valence-corrected chi connectivity index (χ3v) is 12.1. The maximum Gasteiger partial charge on any atom is 0.216 e. The molecular formula is C22H42N4O2S2. The molecule has 0 N–H and O–H groups in total. The van der Waals surface area contributed by atoms with Gasteiger partial charge in [0.2, 0.25) is 10.0 Å². The molecule has 2 saturated heterocycles. The van der Waals surface area contributed by atoms with Gasteiger partial charge in [0.25, 0.3) is 0 Å². The highest BCUT2D eigenvalue weighted by Gasteiger charge is 2.48. The zero-order chi connectivity index (χ0) is 21.3. The number of rotatable bonds is 6. The van der Waals surface area contributed by atoms with Crippen LogP contribution in [0, 0.1) is 0 Å². The topological polar surface area (TPSA) is 47.1 Å². The van der Waals surface area contributed by atoms with Crippen LogP contribution in [0.2, 0.25) is 0 Å². The van der Waals surface area contributed by atoms with Gasteiger partial charge in [-0.15, -0.1) is 0 Å². The molecule has 2 saturated carbocycles. The number of hydrogen-bond acceptors (Lipinski definition) is 6. The van der Waals surface area contributed by atoms with Gasteiger partial charge in [-0.25, -0.2) is 12.7 Å². The zero-order valence-electron chi connectivity index (χ0n) is 19.2. The van der Waals surface area contributed by atoms with Crippen molar-refractivity contribution in [2.75, 3.05) is 60.4 Å². The van der Waals surface area contributed by atoms with Gasteiger partial charge in [-0.2, -0.15) is 11.8 Å². The SMILES string of the molecule is CN1CCN(CCCN2C3CCCCC3SC3CCC(S(=O)(=O)N(C)C)CC32)CC1. The van der Waals surface area contributed by atoms with Gasteiger partial charge >= 0.3 is 0 Å². The highest BCUT2D eigenvalue weighted by atomic mass is 32.2. The lowest BCUT2D eigenvalue weighted by molar-refractivity contribution is 0.0696. The number of fused-ring (bicyclic) bond motifs is 2. The molecule has 4 aliphatic rings. The predicted molar refractivity (Wildman–Crippen MR) is 127 cm³/mol. The second kappa shape index (κ2) is 9.96. The van der Waals surface area contributed by atoms with Gasteiger partial charge in [-0.05, 0) is 52.1 Å². The van der Waals surface area contributed by atoms with Crippen molar-refractivity contribution in [2.24, 2.45) is 0 Å². The van der Waals surface area contributed by atoms with Crippen molar-refractivity contribution in [1.82, 2.24) is 19.0 Å². The van der Waals surface area contributed by atoms with Gasteiger partial charge in [-0.1, -0.05) is 12.8 Å². The molecule has 174 valence electrons. The first-order chi connectivity index (χ1) is 14.4. The van der Waals surface area contributed by atoms with Crippen LogP contribution in [0.4, 0.5) is 0 Å². The second-order valence-corrected chi connectivity index (χ2v) is 14.0. The summed E-state index contributed by atoms with van der Waals surface area (Å²) in [5, 5.41) is 1.20. The van der Waals surface area contributed by atoms with Crippen LogP contribution >= 0.6 is 11.8 Å². The average Bonchev–Trinajstić information content (AvgIpc) is 2.74. The maximum atomic E-state index is 12.9. The fourth-order valence-electron chi connectivity index (χ4n) is 6.12. The summed E-state index contributed by atoms with van der Waals surface area (Å²) < 4.78 is 27.2. The average molecular weight is 459 g/mol. The van der Waals surface area contributed by atoms with Crippen molar-refractivity contribution in [2.45, 2.75) is 79.2 Å². The third-order valence-electron chi connectivity index (χ3n) is 7.99. The number of nitrogens with zero attached hydrogens (tertiary/aromatic N) is 4. The summed E-state index contributed by atoms with van der Waals surface area (Å²) in [4.78, 5) is 7.84. The Kier molecular flexibility index (Phi) is 7.73. The van der Waals surface area contributed by atoms with Gasteiger partial charge < -0.3 is 9.80 Å². The van der Waals surface area contributed by atoms with Crippen molar-refractivity contribution in [1.29, 1.82) is 0 Å². The van der Waals surface area contributed by atoms with E-state index in [0.717, 1.165) is 31.1 Å². The first-order valence-corrected chi connectivity index (χ1v) is 14.5. The van der Waals surface area contributed by atoms with Crippen molar-refractivity contribution < 1.29 is 8.42 Å². The summed E-state index contributed by atoms with van der Waals surface area (Å²) in [6, 6.07) is 1.11. The normalized spacial score (nSPS) is 37.1. The molecule has 2 aliphatic carbocycles. The highest BCUT2D eigenvalue weighted by Crippen LogP contribution is 2.47. The van der Waals surface area contributed by atoms with Crippen LogP contribution in [-0.2, 0) is 10.0 Å². The maximum absolute atomic E-state index is 12.9. The molecule has 8 heteroatoms. The number of hydrogen-bond donors (Lipinski definition) is 0. The summed E-state index contributed by atoms with van der Waals surface area (Å²) in [6.07, 6.45) is 9.31. The Balaban J connectivity index is 1.43. The molecule has 0 spiro atoms. The minimum Gasteiger partial charge on any atom is -0.304 e. The molecule has 0 bridgehead atoms. The molecule has 0 aromatic carbocycles. The fourth-order valence-corrected chi connectivity index (χ4v) is 9.54. The number of likely N-dealkylation sites (N-methyl/N-ethyl adjacent to an activating group) is 1. The van der Waals surface area contributed by atoms with Gasteiger partial charge in [0.15, 0.2) is 0 Å². The van der Waals surface area contributed by atoms with Crippen LogP contribution in [-0.4, -0.2) is 116 Å². The third kappa shape index (κ3) is 5.04. The van der Waals surface area contributed by atoms with Crippen LogP contribution in [0.15, 0.2) is 0 Å².